The van der Waals surface area contributed by atoms with Crippen molar-refractivity contribution in [3.8, 4) is 11.1 Å². The molecule has 0 aliphatic heterocycles. The first-order valence-electron chi connectivity index (χ1n) is 11.0. The summed E-state index contributed by atoms with van der Waals surface area (Å²) in [6.07, 6.45) is 2.52. The SMILES string of the molecule is Cc1ccc(-c2cc(C(=O)NCCc3ccc(C)nc3)cc(C(=O)c3ccccc3)c2)cc1. The third-order valence-corrected chi connectivity index (χ3v) is 5.55. The Labute approximate surface area is 194 Å². The number of hydrogen-bond donors (Lipinski definition) is 1. The zero-order valence-corrected chi connectivity index (χ0v) is 18.8. The van der Waals surface area contributed by atoms with E-state index in [9.17, 15) is 9.59 Å². The van der Waals surface area contributed by atoms with Gasteiger partial charge in [0, 0.05) is 35.1 Å². The minimum Gasteiger partial charge on any atom is -0.352 e. The Kier molecular flexibility index (Phi) is 6.75. The Morgan fingerprint density at radius 2 is 1.48 bits per heavy atom. The van der Waals surface area contributed by atoms with Crippen molar-refractivity contribution in [3.63, 3.8) is 0 Å². The van der Waals surface area contributed by atoms with Crippen molar-refractivity contribution in [2.24, 2.45) is 0 Å². The summed E-state index contributed by atoms with van der Waals surface area (Å²) in [7, 11) is 0. The smallest absolute Gasteiger partial charge is 0.251 e. The Morgan fingerprint density at radius 3 is 2.18 bits per heavy atom. The van der Waals surface area contributed by atoms with Crippen LogP contribution in [0, 0.1) is 13.8 Å². The van der Waals surface area contributed by atoms with Gasteiger partial charge in [0.15, 0.2) is 5.78 Å². The predicted molar refractivity (Wildman–Crippen MR) is 132 cm³/mol. The van der Waals surface area contributed by atoms with E-state index in [0.29, 0.717) is 29.7 Å². The number of aromatic nitrogens is 1. The number of benzene rings is 3. The number of carbonyl (C=O) groups is 2. The number of aryl methyl sites for hydroxylation is 2. The molecule has 4 heteroatoms. The second kappa shape index (κ2) is 10.0. The van der Waals surface area contributed by atoms with Crippen LogP contribution in [-0.4, -0.2) is 23.2 Å². The number of pyridine rings is 1. The molecule has 1 amide bonds. The first kappa shape index (κ1) is 22.2. The maximum Gasteiger partial charge on any atom is 0.251 e. The first-order valence-corrected chi connectivity index (χ1v) is 11.0. The monoisotopic (exact) mass is 434 g/mol. The lowest BCUT2D eigenvalue weighted by atomic mass is 9.95. The van der Waals surface area contributed by atoms with E-state index in [4.69, 9.17) is 0 Å². The molecule has 0 saturated heterocycles. The highest BCUT2D eigenvalue weighted by atomic mass is 16.1. The molecule has 1 heterocycles. The number of ketones is 1. The molecule has 0 bridgehead atoms. The second-order valence-corrected chi connectivity index (χ2v) is 8.17. The van der Waals surface area contributed by atoms with Crippen molar-refractivity contribution in [1.29, 1.82) is 0 Å². The molecule has 33 heavy (non-hydrogen) atoms. The molecular formula is C29H26N2O2. The molecule has 4 nitrogen and oxygen atoms in total. The lowest BCUT2D eigenvalue weighted by Gasteiger charge is -2.11. The third kappa shape index (κ3) is 5.60. The summed E-state index contributed by atoms with van der Waals surface area (Å²) < 4.78 is 0. The van der Waals surface area contributed by atoms with Gasteiger partial charge in [-0.05, 0) is 61.2 Å². The molecular weight excluding hydrogens is 408 g/mol. The van der Waals surface area contributed by atoms with E-state index in [1.54, 1.807) is 18.2 Å². The molecule has 0 atom stereocenters. The quantitative estimate of drug-likeness (QED) is 0.387. The molecule has 4 aromatic rings. The number of rotatable bonds is 7. The Morgan fingerprint density at radius 1 is 0.758 bits per heavy atom. The number of nitrogens with one attached hydrogen (secondary N) is 1. The second-order valence-electron chi connectivity index (χ2n) is 8.17. The molecule has 3 aromatic carbocycles. The normalized spacial score (nSPS) is 10.6. The van der Waals surface area contributed by atoms with Gasteiger partial charge >= 0.3 is 0 Å². The van der Waals surface area contributed by atoms with E-state index in [2.05, 4.69) is 10.3 Å². The molecule has 0 aliphatic rings. The lowest BCUT2D eigenvalue weighted by Crippen LogP contribution is -2.26. The molecule has 164 valence electrons. The van der Waals surface area contributed by atoms with Gasteiger partial charge in [0.1, 0.15) is 0 Å². The molecule has 4 rings (SSSR count). The van der Waals surface area contributed by atoms with E-state index in [0.717, 1.165) is 27.9 Å². The summed E-state index contributed by atoms with van der Waals surface area (Å²) in [6.45, 7) is 4.46. The molecule has 0 radical (unpaired) electrons. The topological polar surface area (TPSA) is 59.1 Å². The van der Waals surface area contributed by atoms with Gasteiger partial charge in [0.25, 0.3) is 5.91 Å². The largest absolute Gasteiger partial charge is 0.352 e. The summed E-state index contributed by atoms with van der Waals surface area (Å²) in [5.74, 6) is -0.310. The Hall–Kier alpha value is -4.05. The number of amides is 1. The Balaban J connectivity index is 1.60. The number of nitrogens with zero attached hydrogens (tertiary/aromatic N) is 1. The van der Waals surface area contributed by atoms with Crippen LogP contribution in [0.25, 0.3) is 11.1 Å². The summed E-state index contributed by atoms with van der Waals surface area (Å²) >= 11 is 0. The molecule has 0 unspecified atom stereocenters. The molecule has 0 aliphatic carbocycles. The number of carbonyl (C=O) groups excluding carboxylic acids is 2. The van der Waals surface area contributed by atoms with Crippen molar-refractivity contribution in [2.75, 3.05) is 6.54 Å². The number of hydrogen-bond acceptors (Lipinski definition) is 3. The zero-order chi connectivity index (χ0) is 23.2. The van der Waals surface area contributed by atoms with Crippen LogP contribution in [0.2, 0.25) is 0 Å². The Bertz CT molecular complexity index is 1260. The molecule has 1 aromatic heterocycles. The third-order valence-electron chi connectivity index (χ3n) is 5.55. The van der Waals surface area contributed by atoms with E-state index in [1.807, 2.05) is 86.8 Å². The first-order chi connectivity index (χ1) is 16.0. The van der Waals surface area contributed by atoms with Gasteiger partial charge in [-0.25, -0.2) is 0 Å². The van der Waals surface area contributed by atoms with Crippen LogP contribution in [0.3, 0.4) is 0 Å². The summed E-state index contributed by atoms with van der Waals surface area (Å²) in [4.78, 5) is 30.4. The van der Waals surface area contributed by atoms with Crippen molar-refractivity contribution in [1.82, 2.24) is 10.3 Å². The van der Waals surface area contributed by atoms with E-state index in [-0.39, 0.29) is 11.7 Å². The molecule has 1 N–H and O–H groups in total. The van der Waals surface area contributed by atoms with E-state index < -0.39 is 0 Å². The predicted octanol–water partition coefficient (Wildman–Crippen LogP) is 5.57. The van der Waals surface area contributed by atoms with Gasteiger partial charge in [-0.15, -0.1) is 0 Å². The fourth-order valence-electron chi connectivity index (χ4n) is 3.63. The van der Waals surface area contributed by atoms with Crippen LogP contribution in [-0.2, 0) is 6.42 Å². The van der Waals surface area contributed by atoms with Gasteiger partial charge in [0.05, 0.1) is 0 Å². The minimum absolute atomic E-state index is 0.107. The highest BCUT2D eigenvalue weighted by Crippen LogP contribution is 2.24. The zero-order valence-electron chi connectivity index (χ0n) is 18.8. The molecule has 0 spiro atoms. The summed E-state index contributed by atoms with van der Waals surface area (Å²) in [5.41, 5.74) is 6.53. The van der Waals surface area contributed by atoms with Crippen LogP contribution in [0.1, 0.15) is 43.1 Å². The standard InChI is InChI=1S/C29H26N2O2/c1-20-8-12-23(13-9-20)25-16-26(28(32)24-6-4-3-5-7-24)18-27(17-25)29(33)30-15-14-22-11-10-21(2)31-19-22/h3-13,16-19H,14-15H2,1-2H3,(H,30,33). The summed E-state index contributed by atoms with van der Waals surface area (Å²) in [6, 6.07) is 26.5. The van der Waals surface area contributed by atoms with Crippen molar-refractivity contribution in [2.45, 2.75) is 20.3 Å². The van der Waals surface area contributed by atoms with Crippen molar-refractivity contribution >= 4 is 11.7 Å². The van der Waals surface area contributed by atoms with Gasteiger partial charge in [-0.3, -0.25) is 14.6 Å². The highest BCUT2D eigenvalue weighted by Gasteiger charge is 2.15. The molecule has 0 fully saturated rings. The maximum atomic E-state index is 13.1. The van der Waals surface area contributed by atoms with Crippen LogP contribution in [0.15, 0.2) is 91.1 Å². The minimum atomic E-state index is -0.203. The lowest BCUT2D eigenvalue weighted by molar-refractivity contribution is 0.0954. The van der Waals surface area contributed by atoms with Crippen molar-refractivity contribution < 1.29 is 9.59 Å². The van der Waals surface area contributed by atoms with Gasteiger partial charge in [-0.1, -0.05) is 66.2 Å². The summed E-state index contributed by atoms with van der Waals surface area (Å²) in [5, 5.41) is 2.98. The van der Waals surface area contributed by atoms with Gasteiger partial charge < -0.3 is 5.32 Å². The van der Waals surface area contributed by atoms with E-state index in [1.165, 1.54) is 0 Å². The van der Waals surface area contributed by atoms with Gasteiger partial charge in [0.2, 0.25) is 0 Å². The van der Waals surface area contributed by atoms with Crippen LogP contribution in [0.4, 0.5) is 0 Å². The maximum absolute atomic E-state index is 13.1. The van der Waals surface area contributed by atoms with Gasteiger partial charge in [-0.2, -0.15) is 0 Å². The van der Waals surface area contributed by atoms with Crippen LogP contribution in [0.5, 0.6) is 0 Å². The van der Waals surface area contributed by atoms with Crippen LogP contribution < -0.4 is 5.32 Å². The van der Waals surface area contributed by atoms with E-state index >= 15 is 0 Å². The van der Waals surface area contributed by atoms with Crippen LogP contribution >= 0.6 is 0 Å². The average molecular weight is 435 g/mol. The molecule has 0 saturated carbocycles. The average Bonchev–Trinajstić information content (AvgIpc) is 2.85. The highest BCUT2D eigenvalue weighted by molar-refractivity contribution is 6.11. The fourth-order valence-corrected chi connectivity index (χ4v) is 3.63. The van der Waals surface area contributed by atoms with Crippen molar-refractivity contribution in [3.05, 3.63) is 125 Å². The fraction of sp³-hybridized carbons (Fsp3) is 0.138.